The molecule has 4 nitrogen and oxygen atoms in total. The van der Waals surface area contributed by atoms with Gasteiger partial charge in [-0.15, -0.1) is 0 Å². The molecule has 2 aromatic rings. The molecule has 1 N–H and O–H groups in total. The van der Waals surface area contributed by atoms with Gasteiger partial charge in [-0.2, -0.15) is 0 Å². The molecule has 2 heterocycles. The third kappa shape index (κ3) is 2.51. The molecule has 1 unspecified atom stereocenters. The molecule has 1 amide bonds. The van der Waals surface area contributed by atoms with E-state index >= 15 is 0 Å². The Hall–Kier alpha value is -2.30. The van der Waals surface area contributed by atoms with Crippen molar-refractivity contribution in [2.75, 3.05) is 13.7 Å². The second-order valence-electron chi connectivity index (χ2n) is 5.13. The summed E-state index contributed by atoms with van der Waals surface area (Å²) >= 11 is 0. The van der Waals surface area contributed by atoms with E-state index in [4.69, 9.17) is 4.74 Å². The fourth-order valence-corrected chi connectivity index (χ4v) is 2.85. The number of hydrogen-bond donors (Lipinski definition) is 1. The lowest BCUT2D eigenvalue weighted by Gasteiger charge is -2.24. The minimum absolute atomic E-state index is 0.0395. The van der Waals surface area contributed by atoms with Crippen LogP contribution in [0.5, 0.6) is 5.75 Å². The summed E-state index contributed by atoms with van der Waals surface area (Å²) < 4.78 is 18.6. The minimum Gasteiger partial charge on any atom is -0.494 e. The molecule has 0 saturated carbocycles. The molecule has 0 radical (unpaired) electrons. The number of ether oxygens (including phenoxy) is 1. The lowest BCUT2D eigenvalue weighted by Crippen LogP contribution is -2.30. The third-order valence-electron chi connectivity index (χ3n) is 3.89. The molecule has 3 rings (SSSR count). The van der Waals surface area contributed by atoms with Gasteiger partial charge >= 0.3 is 0 Å². The maximum Gasteiger partial charge on any atom is 0.254 e. The van der Waals surface area contributed by atoms with Crippen LogP contribution < -0.4 is 4.74 Å². The number of nitrogens with one attached hydrogen (secondary N) is 1. The zero-order valence-electron chi connectivity index (χ0n) is 11.8. The van der Waals surface area contributed by atoms with Gasteiger partial charge in [0, 0.05) is 24.0 Å². The Kier molecular flexibility index (Phi) is 3.64. The first-order valence-electron chi connectivity index (χ1n) is 6.98. The standard InChI is InChI=1S/C16H17FN2O2/c1-21-15-7-6-11(10-12(15)17)16(20)19-9-3-5-14(19)13-4-2-8-18-13/h2,4,6-8,10,14,18H,3,5,9H2,1H3. The van der Waals surface area contributed by atoms with Gasteiger partial charge in [-0.05, 0) is 43.2 Å². The second kappa shape index (κ2) is 5.60. The highest BCUT2D eigenvalue weighted by molar-refractivity contribution is 5.94. The first-order valence-corrected chi connectivity index (χ1v) is 6.98. The first kappa shape index (κ1) is 13.7. The summed E-state index contributed by atoms with van der Waals surface area (Å²) in [6, 6.07) is 8.27. The Morgan fingerprint density at radius 3 is 2.95 bits per heavy atom. The number of H-pyrrole nitrogens is 1. The molecular weight excluding hydrogens is 271 g/mol. The van der Waals surface area contributed by atoms with E-state index in [0.29, 0.717) is 12.1 Å². The molecule has 1 aliphatic rings. The van der Waals surface area contributed by atoms with Crippen molar-refractivity contribution >= 4 is 5.91 Å². The molecule has 0 bridgehead atoms. The van der Waals surface area contributed by atoms with Gasteiger partial charge in [0.1, 0.15) is 0 Å². The van der Waals surface area contributed by atoms with Gasteiger partial charge in [-0.3, -0.25) is 4.79 Å². The highest BCUT2D eigenvalue weighted by atomic mass is 19.1. The number of hydrogen-bond acceptors (Lipinski definition) is 2. The predicted octanol–water partition coefficient (Wildman–Crippen LogP) is 3.14. The predicted molar refractivity (Wildman–Crippen MR) is 76.8 cm³/mol. The van der Waals surface area contributed by atoms with E-state index in [0.717, 1.165) is 18.5 Å². The Morgan fingerprint density at radius 1 is 1.43 bits per heavy atom. The van der Waals surface area contributed by atoms with Crippen molar-refractivity contribution < 1.29 is 13.9 Å². The maximum atomic E-state index is 13.8. The molecule has 0 aliphatic carbocycles. The highest BCUT2D eigenvalue weighted by Gasteiger charge is 2.31. The van der Waals surface area contributed by atoms with Crippen LogP contribution in [0.25, 0.3) is 0 Å². The smallest absolute Gasteiger partial charge is 0.254 e. The van der Waals surface area contributed by atoms with Gasteiger partial charge in [-0.1, -0.05) is 0 Å². The molecule has 1 atom stereocenters. The SMILES string of the molecule is COc1ccc(C(=O)N2CCCC2c2ccc[nH]2)cc1F. The summed E-state index contributed by atoms with van der Waals surface area (Å²) in [6.07, 6.45) is 3.72. The summed E-state index contributed by atoms with van der Waals surface area (Å²) in [5.41, 5.74) is 1.38. The largest absolute Gasteiger partial charge is 0.494 e. The fourth-order valence-electron chi connectivity index (χ4n) is 2.85. The molecule has 1 aliphatic heterocycles. The van der Waals surface area contributed by atoms with Gasteiger partial charge in [0.2, 0.25) is 0 Å². The van der Waals surface area contributed by atoms with Gasteiger partial charge in [-0.25, -0.2) is 4.39 Å². The number of carbonyl (C=O) groups is 1. The first-order chi connectivity index (χ1) is 10.2. The van der Waals surface area contributed by atoms with Gasteiger partial charge in [0.25, 0.3) is 5.91 Å². The normalized spacial score (nSPS) is 18.0. The third-order valence-corrected chi connectivity index (χ3v) is 3.89. The molecule has 0 spiro atoms. The summed E-state index contributed by atoms with van der Waals surface area (Å²) in [7, 11) is 1.40. The van der Waals surface area contributed by atoms with Crippen molar-refractivity contribution in [3.05, 3.63) is 53.6 Å². The Balaban J connectivity index is 1.86. The zero-order valence-corrected chi connectivity index (χ0v) is 11.8. The number of aromatic amines is 1. The van der Waals surface area contributed by atoms with Crippen molar-refractivity contribution in [3.8, 4) is 5.75 Å². The lowest BCUT2D eigenvalue weighted by molar-refractivity contribution is 0.0732. The average molecular weight is 288 g/mol. The van der Waals surface area contributed by atoms with Crippen LogP contribution in [0.3, 0.4) is 0 Å². The van der Waals surface area contributed by atoms with Crippen LogP contribution in [0.1, 0.15) is 34.9 Å². The second-order valence-corrected chi connectivity index (χ2v) is 5.13. The topological polar surface area (TPSA) is 45.3 Å². The summed E-state index contributed by atoms with van der Waals surface area (Å²) in [6.45, 7) is 0.691. The Labute approximate surface area is 122 Å². The number of rotatable bonds is 3. The van der Waals surface area contributed by atoms with Gasteiger partial charge in [0.05, 0.1) is 13.2 Å². The van der Waals surface area contributed by atoms with E-state index in [2.05, 4.69) is 4.98 Å². The number of methoxy groups -OCH3 is 1. The minimum atomic E-state index is -0.515. The number of nitrogens with zero attached hydrogens (tertiary/aromatic N) is 1. The maximum absolute atomic E-state index is 13.8. The highest BCUT2D eigenvalue weighted by Crippen LogP contribution is 2.32. The number of aromatic nitrogens is 1. The van der Waals surface area contributed by atoms with E-state index < -0.39 is 5.82 Å². The van der Waals surface area contributed by atoms with E-state index in [1.54, 1.807) is 11.0 Å². The van der Waals surface area contributed by atoms with Crippen LogP contribution in [-0.2, 0) is 0 Å². The van der Waals surface area contributed by atoms with Gasteiger partial charge in [0.15, 0.2) is 11.6 Å². The number of carbonyl (C=O) groups excluding carboxylic acids is 1. The van der Waals surface area contributed by atoms with Crippen molar-refractivity contribution in [2.45, 2.75) is 18.9 Å². The molecule has 1 fully saturated rings. The van der Waals surface area contributed by atoms with Gasteiger partial charge < -0.3 is 14.6 Å². The monoisotopic (exact) mass is 288 g/mol. The molecule has 1 saturated heterocycles. The average Bonchev–Trinajstić information content (AvgIpc) is 3.16. The van der Waals surface area contributed by atoms with Crippen LogP contribution >= 0.6 is 0 Å². The van der Waals surface area contributed by atoms with E-state index in [1.165, 1.54) is 19.2 Å². The number of amides is 1. The molecular formula is C16H17FN2O2. The van der Waals surface area contributed by atoms with E-state index in [9.17, 15) is 9.18 Å². The van der Waals surface area contributed by atoms with Crippen LogP contribution in [0.15, 0.2) is 36.5 Å². The van der Waals surface area contributed by atoms with Crippen LogP contribution in [0.2, 0.25) is 0 Å². The summed E-state index contributed by atoms with van der Waals surface area (Å²) in [5, 5.41) is 0. The molecule has 21 heavy (non-hydrogen) atoms. The number of halogens is 1. The quantitative estimate of drug-likeness (QED) is 0.943. The number of likely N-dealkylation sites (tertiary alicyclic amines) is 1. The van der Waals surface area contributed by atoms with Crippen molar-refractivity contribution in [1.29, 1.82) is 0 Å². The van der Waals surface area contributed by atoms with Crippen molar-refractivity contribution in [1.82, 2.24) is 9.88 Å². The molecule has 5 heteroatoms. The Bertz CT molecular complexity index is 640. The summed E-state index contributed by atoms with van der Waals surface area (Å²) in [4.78, 5) is 17.6. The van der Waals surface area contributed by atoms with Crippen LogP contribution in [-0.4, -0.2) is 29.4 Å². The van der Waals surface area contributed by atoms with Crippen LogP contribution in [0.4, 0.5) is 4.39 Å². The van der Waals surface area contributed by atoms with Crippen molar-refractivity contribution in [3.63, 3.8) is 0 Å². The zero-order chi connectivity index (χ0) is 14.8. The fraction of sp³-hybridized carbons (Fsp3) is 0.312. The van der Waals surface area contributed by atoms with E-state index in [-0.39, 0.29) is 17.7 Å². The number of benzene rings is 1. The van der Waals surface area contributed by atoms with Crippen LogP contribution in [0, 0.1) is 5.82 Å². The molecule has 1 aromatic heterocycles. The lowest BCUT2D eigenvalue weighted by atomic mass is 10.1. The van der Waals surface area contributed by atoms with Crippen molar-refractivity contribution in [2.24, 2.45) is 0 Å². The van der Waals surface area contributed by atoms with E-state index in [1.807, 2.05) is 18.3 Å². The molecule has 110 valence electrons. The summed E-state index contributed by atoms with van der Waals surface area (Å²) in [5.74, 6) is -0.512. The Morgan fingerprint density at radius 2 is 2.29 bits per heavy atom. The molecule has 1 aromatic carbocycles.